The van der Waals surface area contributed by atoms with Crippen LogP contribution in [0.15, 0.2) is 30.3 Å². The van der Waals surface area contributed by atoms with Crippen molar-refractivity contribution in [2.45, 2.75) is 33.4 Å². The normalized spacial score (nSPS) is 12.5. The van der Waals surface area contributed by atoms with E-state index in [4.69, 9.17) is 4.74 Å². The molecule has 1 atom stereocenters. The summed E-state index contributed by atoms with van der Waals surface area (Å²) in [5, 5.41) is 3.25. The molecule has 1 aromatic rings. The molecule has 0 aromatic heterocycles. The molecule has 94 valence electrons. The lowest BCUT2D eigenvalue weighted by Crippen LogP contribution is -2.41. The molecule has 0 aliphatic rings. The van der Waals surface area contributed by atoms with E-state index in [0.29, 0.717) is 13.2 Å². The predicted octanol–water partition coefficient (Wildman–Crippen LogP) is 2.36. The van der Waals surface area contributed by atoms with Gasteiger partial charge in [-0.3, -0.25) is 4.79 Å². The summed E-state index contributed by atoms with van der Waals surface area (Å²) < 4.78 is 5.05. The van der Waals surface area contributed by atoms with Crippen LogP contribution in [0.25, 0.3) is 0 Å². The molecule has 1 unspecified atom stereocenters. The van der Waals surface area contributed by atoms with E-state index in [-0.39, 0.29) is 17.9 Å². The number of carbonyl (C=O) groups is 1. The van der Waals surface area contributed by atoms with Gasteiger partial charge in [-0.05, 0) is 18.4 Å². The van der Waals surface area contributed by atoms with Gasteiger partial charge in [0.2, 0.25) is 0 Å². The highest BCUT2D eigenvalue weighted by Crippen LogP contribution is 2.06. The lowest BCUT2D eigenvalue weighted by molar-refractivity contribution is -0.146. The minimum absolute atomic E-state index is 0.168. The number of rotatable bonds is 6. The van der Waals surface area contributed by atoms with Gasteiger partial charge in [-0.1, -0.05) is 44.2 Å². The maximum absolute atomic E-state index is 11.7. The summed E-state index contributed by atoms with van der Waals surface area (Å²) in [4.78, 5) is 11.7. The molecule has 0 heterocycles. The Morgan fingerprint density at radius 2 is 1.94 bits per heavy atom. The Labute approximate surface area is 103 Å². The van der Waals surface area contributed by atoms with Crippen LogP contribution < -0.4 is 5.32 Å². The van der Waals surface area contributed by atoms with Crippen molar-refractivity contribution in [2.75, 3.05) is 6.61 Å². The van der Waals surface area contributed by atoms with Crippen molar-refractivity contribution < 1.29 is 9.53 Å². The first-order valence-electron chi connectivity index (χ1n) is 6.09. The summed E-state index contributed by atoms with van der Waals surface area (Å²) in [5.74, 6) is 0.0520. The van der Waals surface area contributed by atoms with Crippen LogP contribution in [-0.4, -0.2) is 18.6 Å². The van der Waals surface area contributed by atoms with Gasteiger partial charge in [0.15, 0.2) is 0 Å². The first-order chi connectivity index (χ1) is 8.15. The van der Waals surface area contributed by atoms with Gasteiger partial charge in [0.05, 0.1) is 6.61 Å². The summed E-state index contributed by atoms with van der Waals surface area (Å²) in [7, 11) is 0. The fourth-order valence-electron chi connectivity index (χ4n) is 1.65. The lowest BCUT2D eigenvalue weighted by Gasteiger charge is -2.20. The van der Waals surface area contributed by atoms with E-state index in [1.165, 1.54) is 5.56 Å². The zero-order valence-electron chi connectivity index (χ0n) is 10.8. The van der Waals surface area contributed by atoms with Crippen LogP contribution in [0, 0.1) is 5.92 Å². The molecule has 1 aromatic carbocycles. The molecule has 1 N–H and O–H groups in total. The third kappa shape index (κ3) is 4.57. The largest absolute Gasteiger partial charge is 0.465 e. The molecular weight excluding hydrogens is 214 g/mol. The molecule has 3 nitrogen and oxygen atoms in total. The number of esters is 1. The van der Waals surface area contributed by atoms with Gasteiger partial charge in [0.1, 0.15) is 6.04 Å². The van der Waals surface area contributed by atoms with Crippen molar-refractivity contribution in [3.05, 3.63) is 35.9 Å². The van der Waals surface area contributed by atoms with E-state index < -0.39 is 0 Å². The Balaban J connectivity index is 2.53. The zero-order chi connectivity index (χ0) is 12.7. The van der Waals surface area contributed by atoms with Crippen LogP contribution in [0.3, 0.4) is 0 Å². The van der Waals surface area contributed by atoms with E-state index in [1.807, 2.05) is 51.1 Å². The van der Waals surface area contributed by atoms with E-state index in [0.717, 1.165) is 0 Å². The maximum atomic E-state index is 11.7. The molecule has 17 heavy (non-hydrogen) atoms. The number of nitrogens with one attached hydrogen (secondary N) is 1. The van der Waals surface area contributed by atoms with Crippen LogP contribution in [-0.2, 0) is 16.1 Å². The highest BCUT2D eigenvalue weighted by atomic mass is 16.5. The van der Waals surface area contributed by atoms with Gasteiger partial charge in [-0.25, -0.2) is 0 Å². The minimum Gasteiger partial charge on any atom is -0.465 e. The molecule has 0 amide bonds. The summed E-state index contributed by atoms with van der Waals surface area (Å²) in [6, 6.07) is 9.80. The summed E-state index contributed by atoms with van der Waals surface area (Å²) >= 11 is 0. The second kappa shape index (κ2) is 7.07. The number of ether oxygens (including phenoxy) is 1. The monoisotopic (exact) mass is 235 g/mol. The van der Waals surface area contributed by atoms with Crippen LogP contribution in [0.5, 0.6) is 0 Å². The Kier molecular flexibility index (Phi) is 5.70. The van der Waals surface area contributed by atoms with Crippen LogP contribution in [0.4, 0.5) is 0 Å². The molecule has 0 aliphatic heterocycles. The zero-order valence-corrected chi connectivity index (χ0v) is 10.8. The van der Waals surface area contributed by atoms with Gasteiger partial charge in [0.25, 0.3) is 0 Å². The second-order valence-corrected chi connectivity index (χ2v) is 4.34. The molecule has 0 bridgehead atoms. The molecule has 0 saturated heterocycles. The molecule has 1 rings (SSSR count). The molecule has 3 heteroatoms. The van der Waals surface area contributed by atoms with Crippen molar-refractivity contribution in [3.8, 4) is 0 Å². The van der Waals surface area contributed by atoms with Gasteiger partial charge in [0, 0.05) is 6.54 Å². The average molecular weight is 235 g/mol. The summed E-state index contributed by atoms with van der Waals surface area (Å²) in [6.45, 7) is 6.96. The Hall–Kier alpha value is -1.35. The van der Waals surface area contributed by atoms with Gasteiger partial charge in [-0.2, -0.15) is 0 Å². The summed E-state index contributed by atoms with van der Waals surface area (Å²) in [5.41, 5.74) is 1.17. The van der Waals surface area contributed by atoms with E-state index in [1.54, 1.807) is 0 Å². The molecular formula is C14H21NO2. The molecule has 0 fully saturated rings. The standard InChI is InChI=1S/C14H21NO2/c1-4-17-14(16)13(11(2)3)15-10-12-8-6-5-7-9-12/h5-9,11,13,15H,4,10H2,1-3H3. The first kappa shape index (κ1) is 13.7. The lowest BCUT2D eigenvalue weighted by atomic mass is 10.0. The van der Waals surface area contributed by atoms with Crippen molar-refractivity contribution in [2.24, 2.45) is 5.92 Å². The number of hydrogen-bond acceptors (Lipinski definition) is 3. The first-order valence-corrected chi connectivity index (χ1v) is 6.09. The molecule has 0 saturated carbocycles. The Morgan fingerprint density at radius 1 is 1.29 bits per heavy atom. The third-order valence-electron chi connectivity index (χ3n) is 2.58. The summed E-state index contributed by atoms with van der Waals surface area (Å²) in [6.07, 6.45) is 0. The fraction of sp³-hybridized carbons (Fsp3) is 0.500. The maximum Gasteiger partial charge on any atom is 0.323 e. The average Bonchev–Trinajstić information content (AvgIpc) is 2.30. The van der Waals surface area contributed by atoms with Gasteiger partial charge >= 0.3 is 5.97 Å². The SMILES string of the molecule is CCOC(=O)C(NCc1ccccc1)C(C)C. The van der Waals surface area contributed by atoms with Crippen molar-refractivity contribution in [1.82, 2.24) is 5.32 Å². The van der Waals surface area contributed by atoms with E-state index >= 15 is 0 Å². The highest BCUT2D eigenvalue weighted by Gasteiger charge is 2.22. The predicted molar refractivity (Wildman–Crippen MR) is 68.5 cm³/mol. The minimum atomic E-state index is -0.241. The molecule has 0 spiro atoms. The number of benzene rings is 1. The number of carbonyl (C=O) groups excluding carboxylic acids is 1. The van der Waals surface area contributed by atoms with E-state index in [2.05, 4.69) is 5.32 Å². The van der Waals surface area contributed by atoms with Crippen molar-refractivity contribution in [3.63, 3.8) is 0 Å². The molecule has 0 radical (unpaired) electrons. The number of hydrogen-bond donors (Lipinski definition) is 1. The second-order valence-electron chi connectivity index (χ2n) is 4.34. The van der Waals surface area contributed by atoms with Gasteiger partial charge < -0.3 is 10.1 Å². The Morgan fingerprint density at radius 3 is 2.47 bits per heavy atom. The Bertz CT molecular complexity index is 335. The third-order valence-corrected chi connectivity index (χ3v) is 2.58. The molecule has 0 aliphatic carbocycles. The fourth-order valence-corrected chi connectivity index (χ4v) is 1.65. The van der Waals surface area contributed by atoms with Crippen molar-refractivity contribution >= 4 is 5.97 Å². The van der Waals surface area contributed by atoms with Crippen molar-refractivity contribution in [1.29, 1.82) is 0 Å². The highest BCUT2D eigenvalue weighted by molar-refractivity contribution is 5.76. The smallest absolute Gasteiger partial charge is 0.323 e. The topological polar surface area (TPSA) is 38.3 Å². The van der Waals surface area contributed by atoms with Gasteiger partial charge in [-0.15, -0.1) is 0 Å². The van der Waals surface area contributed by atoms with E-state index in [9.17, 15) is 4.79 Å². The quantitative estimate of drug-likeness (QED) is 0.769. The van der Waals surface area contributed by atoms with Crippen LogP contribution >= 0.6 is 0 Å². The van der Waals surface area contributed by atoms with Crippen LogP contribution in [0.1, 0.15) is 26.3 Å². The van der Waals surface area contributed by atoms with Crippen LogP contribution in [0.2, 0.25) is 0 Å².